The molecular weight excluding hydrogens is 246 g/mol. The normalized spacial score (nSPS) is 17.9. The fourth-order valence-corrected chi connectivity index (χ4v) is 2.59. The molecular formula is C14H19NO4. The average molecular weight is 265 g/mol. The van der Waals surface area contributed by atoms with Crippen molar-refractivity contribution in [3.63, 3.8) is 0 Å². The summed E-state index contributed by atoms with van der Waals surface area (Å²) in [5.41, 5.74) is -0.810. The van der Waals surface area contributed by atoms with Gasteiger partial charge in [0.25, 0.3) is 5.91 Å². The second kappa shape index (κ2) is 5.47. The van der Waals surface area contributed by atoms with Gasteiger partial charge in [0.1, 0.15) is 5.76 Å². The summed E-state index contributed by atoms with van der Waals surface area (Å²) in [6.45, 7) is 1.93. The molecule has 1 saturated carbocycles. The highest BCUT2D eigenvalue weighted by Gasteiger charge is 2.39. The van der Waals surface area contributed by atoms with E-state index in [0.29, 0.717) is 18.6 Å². The van der Waals surface area contributed by atoms with Crippen LogP contribution in [0.4, 0.5) is 0 Å². The van der Waals surface area contributed by atoms with E-state index < -0.39 is 11.4 Å². The largest absolute Gasteiger partial charge is 0.481 e. The topological polar surface area (TPSA) is 79.5 Å². The van der Waals surface area contributed by atoms with Crippen LogP contribution < -0.4 is 5.32 Å². The van der Waals surface area contributed by atoms with E-state index in [1.165, 1.54) is 0 Å². The number of amides is 1. The first-order chi connectivity index (χ1) is 9.03. The van der Waals surface area contributed by atoms with Crippen molar-refractivity contribution in [1.29, 1.82) is 0 Å². The van der Waals surface area contributed by atoms with Crippen molar-refractivity contribution in [3.05, 3.63) is 23.7 Å². The van der Waals surface area contributed by atoms with Crippen molar-refractivity contribution in [3.8, 4) is 0 Å². The van der Waals surface area contributed by atoms with Crippen LogP contribution in [0.3, 0.4) is 0 Å². The van der Waals surface area contributed by atoms with Crippen molar-refractivity contribution in [1.82, 2.24) is 5.32 Å². The van der Waals surface area contributed by atoms with Gasteiger partial charge in [0, 0.05) is 6.54 Å². The van der Waals surface area contributed by atoms with E-state index >= 15 is 0 Å². The maximum Gasteiger partial charge on any atom is 0.311 e. The van der Waals surface area contributed by atoms with Crippen LogP contribution in [0.15, 0.2) is 16.5 Å². The fourth-order valence-electron chi connectivity index (χ4n) is 2.59. The Kier molecular flexibility index (Phi) is 3.93. The molecule has 0 saturated heterocycles. The molecule has 0 radical (unpaired) electrons. The van der Waals surface area contributed by atoms with Crippen LogP contribution in [0.2, 0.25) is 0 Å². The average Bonchev–Trinajstić information content (AvgIpc) is 2.83. The predicted molar refractivity (Wildman–Crippen MR) is 68.9 cm³/mol. The molecule has 104 valence electrons. The molecule has 1 aromatic heterocycles. The molecule has 19 heavy (non-hydrogen) atoms. The molecule has 0 bridgehead atoms. The number of hydrogen-bond donors (Lipinski definition) is 2. The molecule has 5 nitrogen and oxygen atoms in total. The fraction of sp³-hybridized carbons (Fsp3) is 0.571. The lowest BCUT2D eigenvalue weighted by Gasteiger charge is -2.33. The lowest BCUT2D eigenvalue weighted by Crippen LogP contribution is -2.44. The number of rotatable bonds is 4. The molecule has 0 aromatic carbocycles. The van der Waals surface area contributed by atoms with Crippen LogP contribution in [-0.2, 0) is 4.79 Å². The summed E-state index contributed by atoms with van der Waals surface area (Å²) in [4.78, 5) is 23.3. The van der Waals surface area contributed by atoms with Crippen LogP contribution >= 0.6 is 0 Å². The smallest absolute Gasteiger partial charge is 0.311 e. The minimum Gasteiger partial charge on any atom is -0.481 e. The first kappa shape index (κ1) is 13.6. The number of hydrogen-bond acceptors (Lipinski definition) is 3. The van der Waals surface area contributed by atoms with Gasteiger partial charge in [-0.05, 0) is 31.9 Å². The zero-order valence-corrected chi connectivity index (χ0v) is 11.1. The Labute approximate surface area is 112 Å². The number of carbonyl (C=O) groups is 2. The van der Waals surface area contributed by atoms with Crippen LogP contribution in [0.5, 0.6) is 0 Å². The first-order valence-electron chi connectivity index (χ1n) is 6.62. The standard InChI is InChI=1S/C14H19NO4/c1-10-5-6-11(19-10)12(16)15-9-14(13(17)18)7-3-2-4-8-14/h5-6H,2-4,7-9H2,1H3,(H,15,16)(H,17,18). The number of carboxylic acid groups (broad SMARTS) is 1. The van der Waals surface area contributed by atoms with Gasteiger partial charge in [-0.25, -0.2) is 0 Å². The molecule has 2 N–H and O–H groups in total. The van der Waals surface area contributed by atoms with Gasteiger partial charge < -0.3 is 14.8 Å². The van der Waals surface area contributed by atoms with Crippen LogP contribution in [-0.4, -0.2) is 23.5 Å². The molecule has 1 amide bonds. The highest BCUT2D eigenvalue weighted by molar-refractivity contribution is 5.91. The van der Waals surface area contributed by atoms with E-state index in [-0.39, 0.29) is 18.2 Å². The molecule has 1 aliphatic rings. The number of carboxylic acids is 1. The SMILES string of the molecule is Cc1ccc(C(=O)NCC2(C(=O)O)CCCCC2)o1. The first-order valence-corrected chi connectivity index (χ1v) is 6.62. The number of aliphatic carboxylic acids is 1. The van der Waals surface area contributed by atoms with Crippen LogP contribution in [0, 0.1) is 12.3 Å². The third-order valence-electron chi connectivity index (χ3n) is 3.82. The highest BCUT2D eigenvalue weighted by atomic mass is 16.4. The maximum absolute atomic E-state index is 11.9. The summed E-state index contributed by atoms with van der Waals surface area (Å²) in [6.07, 6.45) is 4.13. The molecule has 0 unspecified atom stereocenters. The van der Waals surface area contributed by atoms with Gasteiger partial charge in [-0.15, -0.1) is 0 Å². The van der Waals surface area contributed by atoms with Gasteiger partial charge in [0.15, 0.2) is 5.76 Å². The second-order valence-corrected chi connectivity index (χ2v) is 5.24. The second-order valence-electron chi connectivity index (χ2n) is 5.24. The Morgan fingerprint density at radius 2 is 2.00 bits per heavy atom. The maximum atomic E-state index is 11.9. The highest BCUT2D eigenvalue weighted by Crippen LogP contribution is 2.36. The molecule has 1 heterocycles. The third-order valence-corrected chi connectivity index (χ3v) is 3.82. The Bertz CT molecular complexity index is 472. The van der Waals surface area contributed by atoms with Crippen molar-refractivity contribution in [2.45, 2.75) is 39.0 Å². The summed E-state index contributed by atoms with van der Waals surface area (Å²) < 4.78 is 5.22. The van der Waals surface area contributed by atoms with Crippen molar-refractivity contribution >= 4 is 11.9 Å². The quantitative estimate of drug-likeness (QED) is 0.875. The van der Waals surface area contributed by atoms with E-state index in [1.807, 2.05) is 0 Å². The Morgan fingerprint density at radius 3 is 2.53 bits per heavy atom. The number of aryl methyl sites for hydroxylation is 1. The van der Waals surface area contributed by atoms with E-state index in [2.05, 4.69) is 5.32 Å². The minimum atomic E-state index is -0.817. The zero-order valence-electron chi connectivity index (χ0n) is 11.1. The Balaban J connectivity index is 1.99. The summed E-state index contributed by atoms with van der Waals surface area (Å²) in [5, 5.41) is 12.1. The molecule has 1 aliphatic carbocycles. The minimum absolute atomic E-state index is 0.168. The molecule has 1 fully saturated rings. The summed E-state index contributed by atoms with van der Waals surface area (Å²) in [6, 6.07) is 3.31. The third kappa shape index (κ3) is 2.97. The summed E-state index contributed by atoms with van der Waals surface area (Å²) in [7, 11) is 0. The van der Waals surface area contributed by atoms with Gasteiger partial charge in [0.05, 0.1) is 5.41 Å². The molecule has 2 rings (SSSR count). The molecule has 1 aromatic rings. The van der Waals surface area contributed by atoms with E-state index in [9.17, 15) is 14.7 Å². The van der Waals surface area contributed by atoms with E-state index in [0.717, 1.165) is 19.3 Å². The molecule has 5 heteroatoms. The van der Waals surface area contributed by atoms with E-state index in [1.54, 1.807) is 19.1 Å². The number of nitrogens with one attached hydrogen (secondary N) is 1. The zero-order chi connectivity index (χ0) is 13.9. The van der Waals surface area contributed by atoms with Gasteiger partial charge in [0.2, 0.25) is 0 Å². The lowest BCUT2D eigenvalue weighted by molar-refractivity contribution is -0.150. The van der Waals surface area contributed by atoms with Crippen molar-refractivity contribution < 1.29 is 19.1 Å². The van der Waals surface area contributed by atoms with Gasteiger partial charge in [-0.1, -0.05) is 19.3 Å². The predicted octanol–water partition coefficient (Wildman–Crippen LogP) is 2.35. The summed E-state index contributed by atoms with van der Waals surface area (Å²) in [5.74, 6) is -0.271. The van der Waals surface area contributed by atoms with Gasteiger partial charge in [-0.3, -0.25) is 9.59 Å². The van der Waals surface area contributed by atoms with Crippen molar-refractivity contribution in [2.24, 2.45) is 5.41 Å². The number of carbonyl (C=O) groups excluding carboxylic acids is 1. The summed E-state index contributed by atoms with van der Waals surface area (Å²) >= 11 is 0. The Morgan fingerprint density at radius 1 is 1.32 bits per heavy atom. The van der Waals surface area contributed by atoms with E-state index in [4.69, 9.17) is 4.42 Å². The van der Waals surface area contributed by atoms with Gasteiger partial charge in [-0.2, -0.15) is 0 Å². The van der Waals surface area contributed by atoms with Crippen LogP contribution in [0.1, 0.15) is 48.4 Å². The van der Waals surface area contributed by atoms with Crippen molar-refractivity contribution in [2.75, 3.05) is 6.54 Å². The van der Waals surface area contributed by atoms with Gasteiger partial charge >= 0.3 is 5.97 Å². The number of furan rings is 1. The molecule has 0 aliphatic heterocycles. The molecule has 0 atom stereocenters. The molecule has 0 spiro atoms. The van der Waals surface area contributed by atoms with Crippen LogP contribution in [0.25, 0.3) is 0 Å². The Hall–Kier alpha value is -1.78. The lowest BCUT2D eigenvalue weighted by atomic mass is 9.74. The monoisotopic (exact) mass is 265 g/mol.